The summed E-state index contributed by atoms with van der Waals surface area (Å²) in [6, 6.07) is 7.19. The van der Waals surface area contributed by atoms with Crippen LogP contribution in [0.3, 0.4) is 0 Å². The van der Waals surface area contributed by atoms with Gasteiger partial charge in [0.25, 0.3) is 5.91 Å². The summed E-state index contributed by atoms with van der Waals surface area (Å²) in [5, 5.41) is 5.39. The molecule has 0 aliphatic carbocycles. The van der Waals surface area contributed by atoms with Crippen LogP contribution < -0.4 is 14.2 Å². The van der Waals surface area contributed by atoms with Gasteiger partial charge in [-0.3, -0.25) is 19.6 Å². The second kappa shape index (κ2) is 9.86. The van der Waals surface area contributed by atoms with Crippen molar-refractivity contribution in [3.63, 3.8) is 0 Å². The Kier molecular flexibility index (Phi) is 6.74. The maximum atomic E-state index is 13.1. The van der Waals surface area contributed by atoms with Crippen LogP contribution in [0.1, 0.15) is 22.5 Å². The number of hydrogen-bond acceptors (Lipinski definition) is 8. The molecule has 0 N–H and O–H groups in total. The highest BCUT2D eigenvalue weighted by Crippen LogP contribution is 2.38. The number of rotatable bonds is 7. The molecule has 3 aromatic rings. The first-order valence-electron chi connectivity index (χ1n) is 10.3. The molecule has 0 radical (unpaired) electrons. The van der Waals surface area contributed by atoms with E-state index in [0.717, 1.165) is 5.56 Å². The Morgan fingerprint density at radius 3 is 2.42 bits per heavy atom. The lowest BCUT2D eigenvalue weighted by molar-refractivity contribution is -0.139. The number of thiazole rings is 1. The number of methoxy groups -OCH3 is 3. The molecule has 9 nitrogen and oxygen atoms in total. The fourth-order valence-electron chi connectivity index (χ4n) is 3.71. The van der Waals surface area contributed by atoms with Gasteiger partial charge < -0.3 is 14.2 Å². The van der Waals surface area contributed by atoms with Crippen molar-refractivity contribution < 1.29 is 23.8 Å². The molecule has 1 saturated heterocycles. The van der Waals surface area contributed by atoms with Crippen LogP contribution in [0.5, 0.6) is 17.2 Å². The van der Waals surface area contributed by atoms with Crippen molar-refractivity contribution in [1.82, 2.24) is 20.0 Å². The number of benzene rings is 1. The molecular weight excluding hydrogens is 444 g/mol. The van der Waals surface area contributed by atoms with E-state index in [1.165, 1.54) is 42.7 Å². The zero-order valence-electron chi connectivity index (χ0n) is 18.6. The third-order valence-electron chi connectivity index (χ3n) is 5.27. The molecule has 10 heteroatoms. The predicted molar refractivity (Wildman–Crippen MR) is 123 cm³/mol. The van der Waals surface area contributed by atoms with Gasteiger partial charge in [0.1, 0.15) is 10.7 Å². The van der Waals surface area contributed by atoms with E-state index in [0.29, 0.717) is 53.0 Å². The maximum absolute atomic E-state index is 13.1. The van der Waals surface area contributed by atoms with Gasteiger partial charge in [-0.25, -0.2) is 9.99 Å². The first-order valence-corrected chi connectivity index (χ1v) is 11.2. The highest BCUT2D eigenvalue weighted by Gasteiger charge is 2.32. The van der Waals surface area contributed by atoms with E-state index in [2.05, 4.69) is 9.97 Å². The van der Waals surface area contributed by atoms with E-state index < -0.39 is 0 Å². The molecule has 0 spiro atoms. The zero-order chi connectivity index (χ0) is 23.4. The van der Waals surface area contributed by atoms with Gasteiger partial charge in [-0.15, -0.1) is 11.3 Å². The van der Waals surface area contributed by atoms with Crippen molar-refractivity contribution in [2.75, 3.05) is 34.4 Å². The summed E-state index contributed by atoms with van der Waals surface area (Å²) >= 11 is 1.37. The molecule has 172 valence electrons. The van der Waals surface area contributed by atoms with Gasteiger partial charge in [-0.05, 0) is 36.2 Å². The number of hydrogen-bond donors (Lipinski definition) is 0. The molecule has 33 heavy (non-hydrogen) atoms. The molecule has 0 unspecified atom stereocenters. The van der Waals surface area contributed by atoms with Crippen molar-refractivity contribution in [3.05, 3.63) is 53.3 Å². The van der Waals surface area contributed by atoms with Gasteiger partial charge in [0, 0.05) is 36.4 Å². The Bertz CT molecular complexity index is 1130. The minimum atomic E-state index is -0.294. The number of ether oxygens (including phenoxy) is 3. The summed E-state index contributed by atoms with van der Waals surface area (Å²) in [5.74, 6) is 0.913. The van der Waals surface area contributed by atoms with Crippen molar-refractivity contribution >= 4 is 23.2 Å². The molecule has 0 atom stereocenters. The topological polar surface area (TPSA) is 94.1 Å². The highest BCUT2D eigenvalue weighted by atomic mass is 32.1. The zero-order valence-corrected chi connectivity index (χ0v) is 19.4. The fourth-order valence-corrected chi connectivity index (χ4v) is 4.50. The Balaban J connectivity index is 1.51. The van der Waals surface area contributed by atoms with Crippen LogP contribution in [0, 0.1) is 0 Å². The lowest BCUT2D eigenvalue weighted by atomic mass is 10.1. The number of hydrazine groups is 1. The minimum Gasteiger partial charge on any atom is -0.493 e. The monoisotopic (exact) mass is 468 g/mol. The van der Waals surface area contributed by atoms with Crippen LogP contribution in [-0.4, -0.2) is 66.2 Å². The number of aromatic nitrogens is 2. The maximum Gasteiger partial charge on any atom is 0.291 e. The Labute approximate surface area is 195 Å². The van der Waals surface area contributed by atoms with Crippen LogP contribution in [0.25, 0.3) is 10.6 Å². The number of carbonyl (C=O) groups is 2. The molecule has 1 aromatic carbocycles. The second-order valence-corrected chi connectivity index (χ2v) is 8.15. The Morgan fingerprint density at radius 1 is 1.06 bits per heavy atom. The summed E-state index contributed by atoms with van der Waals surface area (Å²) < 4.78 is 16.1. The van der Waals surface area contributed by atoms with Gasteiger partial charge in [0.2, 0.25) is 11.7 Å². The predicted octanol–water partition coefficient (Wildman–Crippen LogP) is 3.06. The average molecular weight is 469 g/mol. The van der Waals surface area contributed by atoms with Gasteiger partial charge in [0.15, 0.2) is 11.5 Å². The van der Waals surface area contributed by atoms with Crippen LogP contribution in [0.2, 0.25) is 0 Å². The van der Waals surface area contributed by atoms with E-state index in [1.54, 1.807) is 29.9 Å². The Hall–Kier alpha value is -3.66. The van der Waals surface area contributed by atoms with E-state index in [1.807, 2.05) is 12.1 Å². The largest absolute Gasteiger partial charge is 0.493 e. The number of carbonyl (C=O) groups excluding carboxylic acids is 2. The molecule has 1 fully saturated rings. The molecule has 0 bridgehead atoms. The van der Waals surface area contributed by atoms with E-state index in [-0.39, 0.29) is 18.2 Å². The van der Waals surface area contributed by atoms with Crippen molar-refractivity contribution in [3.8, 4) is 27.8 Å². The van der Waals surface area contributed by atoms with Crippen molar-refractivity contribution in [2.24, 2.45) is 0 Å². The average Bonchev–Trinajstić information content (AvgIpc) is 3.54. The summed E-state index contributed by atoms with van der Waals surface area (Å²) in [6.45, 7) is 0.925. The molecule has 2 aromatic heterocycles. The molecule has 1 aliphatic heterocycles. The van der Waals surface area contributed by atoms with Gasteiger partial charge in [-0.1, -0.05) is 0 Å². The Morgan fingerprint density at radius 2 is 1.79 bits per heavy atom. The third-order valence-corrected chi connectivity index (χ3v) is 6.16. The summed E-state index contributed by atoms with van der Waals surface area (Å²) in [5.41, 5.74) is 1.85. The minimum absolute atomic E-state index is 0.0818. The summed E-state index contributed by atoms with van der Waals surface area (Å²) in [4.78, 5) is 34.8. The van der Waals surface area contributed by atoms with E-state index in [4.69, 9.17) is 14.2 Å². The first-order chi connectivity index (χ1) is 16.0. The number of pyridine rings is 1. The first kappa shape index (κ1) is 22.5. The highest BCUT2D eigenvalue weighted by molar-refractivity contribution is 7.13. The molecule has 1 aliphatic rings. The second-order valence-electron chi connectivity index (χ2n) is 7.29. The molecular formula is C23H24N4O5S. The van der Waals surface area contributed by atoms with Crippen LogP contribution in [-0.2, 0) is 11.2 Å². The van der Waals surface area contributed by atoms with Gasteiger partial charge in [-0.2, -0.15) is 0 Å². The third kappa shape index (κ3) is 4.61. The molecule has 3 heterocycles. The molecule has 4 rings (SSSR count). The lowest BCUT2D eigenvalue weighted by Crippen LogP contribution is -2.45. The standard InChI is InChI=1S/C23H24N4O5S/c1-30-18-10-15(11-19(31-2)21(18)32-3)12-20(28)26-8-5-9-27(26)23(29)17-14-33-22(25-17)16-6-4-7-24-13-16/h4,6-7,10-11,13-14H,5,8-9,12H2,1-3H3. The number of nitrogens with zero attached hydrogens (tertiary/aromatic N) is 4. The van der Waals surface area contributed by atoms with Crippen LogP contribution in [0.15, 0.2) is 42.0 Å². The quantitative estimate of drug-likeness (QED) is 0.526. The van der Waals surface area contributed by atoms with Crippen LogP contribution >= 0.6 is 11.3 Å². The van der Waals surface area contributed by atoms with Gasteiger partial charge >= 0.3 is 0 Å². The van der Waals surface area contributed by atoms with Crippen LogP contribution in [0.4, 0.5) is 0 Å². The normalized spacial score (nSPS) is 13.2. The molecule has 0 saturated carbocycles. The molecule has 2 amide bonds. The smallest absolute Gasteiger partial charge is 0.291 e. The SMILES string of the molecule is COc1cc(CC(=O)N2CCCN2C(=O)c2csc(-c3cccnc3)n2)cc(OC)c1OC. The van der Waals surface area contributed by atoms with Gasteiger partial charge in [0.05, 0.1) is 27.8 Å². The van der Waals surface area contributed by atoms with E-state index in [9.17, 15) is 9.59 Å². The van der Waals surface area contributed by atoms with E-state index >= 15 is 0 Å². The summed E-state index contributed by atoms with van der Waals surface area (Å²) in [7, 11) is 4.58. The fraction of sp³-hybridized carbons (Fsp3) is 0.304. The lowest BCUT2D eigenvalue weighted by Gasteiger charge is -2.27. The number of amides is 2. The van der Waals surface area contributed by atoms with Crippen molar-refractivity contribution in [2.45, 2.75) is 12.8 Å². The summed E-state index contributed by atoms with van der Waals surface area (Å²) in [6.07, 6.45) is 4.17. The van der Waals surface area contributed by atoms with Crippen molar-refractivity contribution in [1.29, 1.82) is 0 Å².